The Morgan fingerprint density at radius 1 is 1.11 bits per heavy atom. The highest BCUT2D eigenvalue weighted by Crippen LogP contribution is 2.34. The van der Waals surface area contributed by atoms with Crippen LogP contribution in [0.2, 0.25) is 5.02 Å². The fourth-order valence-electron chi connectivity index (χ4n) is 3.47. The maximum Gasteiger partial charge on any atom is 0.416 e. The summed E-state index contributed by atoms with van der Waals surface area (Å²) in [4.78, 5) is 12.9. The average molecular weight is 523 g/mol. The van der Waals surface area contributed by atoms with Crippen molar-refractivity contribution in [1.82, 2.24) is 9.78 Å². The monoisotopic (exact) mass is 522 g/mol. The van der Waals surface area contributed by atoms with Crippen molar-refractivity contribution < 1.29 is 22.7 Å². The Balaban J connectivity index is 1.74. The van der Waals surface area contributed by atoms with E-state index < -0.39 is 17.6 Å². The van der Waals surface area contributed by atoms with Gasteiger partial charge in [-0.25, -0.2) is 4.68 Å². The molecule has 0 unspecified atom stereocenters. The van der Waals surface area contributed by atoms with Crippen LogP contribution in [-0.2, 0) is 11.0 Å². The van der Waals surface area contributed by atoms with Gasteiger partial charge in [-0.3, -0.25) is 4.79 Å². The second-order valence-electron chi connectivity index (χ2n) is 7.76. The molecule has 1 heterocycles. The van der Waals surface area contributed by atoms with E-state index in [1.165, 1.54) is 6.08 Å². The maximum atomic E-state index is 13.1. The number of ether oxygens (including phenoxy) is 1. The van der Waals surface area contributed by atoms with Crippen molar-refractivity contribution >= 4 is 29.3 Å². The highest BCUT2D eigenvalue weighted by molar-refractivity contribution is 6.34. The first-order valence-corrected chi connectivity index (χ1v) is 11.2. The van der Waals surface area contributed by atoms with Crippen molar-refractivity contribution in [3.05, 3.63) is 101 Å². The minimum atomic E-state index is -4.63. The van der Waals surface area contributed by atoms with Gasteiger partial charge in [0.05, 0.1) is 34.8 Å². The number of aromatic nitrogens is 2. The van der Waals surface area contributed by atoms with Crippen LogP contribution in [0.4, 0.5) is 18.9 Å². The van der Waals surface area contributed by atoms with Gasteiger partial charge < -0.3 is 10.1 Å². The van der Waals surface area contributed by atoms with Gasteiger partial charge in [0.2, 0.25) is 0 Å². The summed E-state index contributed by atoms with van der Waals surface area (Å²) >= 11 is 5.99. The van der Waals surface area contributed by atoms with Crippen LogP contribution in [0.1, 0.15) is 11.1 Å². The van der Waals surface area contributed by atoms with E-state index in [1.807, 2.05) is 36.4 Å². The number of rotatable bonds is 6. The van der Waals surface area contributed by atoms with Crippen LogP contribution in [0.5, 0.6) is 5.75 Å². The Morgan fingerprint density at radius 2 is 1.81 bits per heavy atom. The van der Waals surface area contributed by atoms with Crippen molar-refractivity contribution in [3.8, 4) is 28.8 Å². The molecule has 1 N–H and O–H groups in total. The maximum absolute atomic E-state index is 13.1. The summed E-state index contributed by atoms with van der Waals surface area (Å²) in [6.45, 7) is 0. The first-order valence-electron chi connectivity index (χ1n) is 10.8. The number of para-hydroxylation sites is 1. The molecule has 37 heavy (non-hydrogen) atoms. The van der Waals surface area contributed by atoms with Gasteiger partial charge in [-0.05, 0) is 60.7 Å². The van der Waals surface area contributed by atoms with Crippen LogP contribution in [0, 0.1) is 11.3 Å². The van der Waals surface area contributed by atoms with Gasteiger partial charge in [0, 0.05) is 17.3 Å². The molecular weight excluding hydrogens is 505 g/mol. The number of benzene rings is 3. The number of nitrogens with one attached hydrogen (secondary N) is 1. The SMILES string of the molecule is COc1ccc(-c2nn(-c3ccccc3)cc2/C=C(\C#N)C(=O)Nc2cc(C(F)(F)F)ccc2Cl)cc1. The standard InChI is InChI=1S/C27H18ClF3N4O2/c1-37-22-10-7-17(8-11-22)25-19(16-35(34-25)21-5-3-2-4-6-21)13-18(15-32)26(36)33-24-14-20(27(29,30)31)9-12-23(24)28/h2-14,16H,1H3,(H,33,36)/b18-13+. The Bertz CT molecular complexity index is 1510. The fraction of sp³-hybridized carbons (Fsp3) is 0.0741. The Morgan fingerprint density at radius 3 is 2.43 bits per heavy atom. The number of halogens is 4. The van der Waals surface area contributed by atoms with Crippen LogP contribution >= 0.6 is 11.6 Å². The number of nitrogens with zero attached hydrogens (tertiary/aromatic N) is 3. The minimum absolute atomic E-state index is 0.102. The van der Waals surface area contributed by atoms with Crippen LogP contribution in [0.3, 0.4) is 0 Å². The zero-order valence-electron chi connectivity index (χ0n) is 19.3. The molecule has 4 aromatic rings. The summed E-state index contributed by atoms with van der Waals surface area (Å²) < 4.78 is 46.1. The van der Waals surface area contributed by atoms with Gasteiger partial charge in [-0.1, -0.05) is 29.8 Å². The van der Waals surface area contributed by atoms with Crippen molar-refractivity contribution in [3.63, 3.8) is 0 Å². The van der Waals surface area contributed by atoms with E-state index in [-0.39, 0.29) is 16.3 Å². The van der Waals surface area contributed by atoms with E-state index in [1.54, 1.807) is 42.3 Å². The lowest BCUT2D eigenvalue weighted by molar-refractivity contribution is -0.137. The summed E-state index contributed by atoms with van der Waals surface area (Å²) in [5, 5.41) is 16.5. The molecule has 1 amide bonds. The largest absolute Gasteiger partial charge is 0.497 e. The Kier molecular flexibility index (Phi) is 7.32. The molecule has 0 aliphatic rings. The summed E-state index contributed by atoms with van der Waals surface area (Å²) in [6.07, 6.45) is -1.66. The summed E-state index contributed by atoms with van der Waals surface area (Å²) in [5.41, 5.74) is 0.755. The van der Waals surface area contributed by atoms with E-state index in [2.05, 4.69) is 10.4 Å². The number of carbonyl (C=O) groups excluding carboxylic acids is 1. The van der Waals surface area contributed by atoms with Crippen molar-refractivity contribution in [1.29, 1.82) is 5.26 Å². The van der Waals surface area contributed by atoms with Gasteiger partial charge in [0.25, 0.3) is 5.91 Å². The first-order chi connectivity index (χ1) is 17.7. The number of carbonyl (C=O) groups is 1. The van der Waals surface area contributed by atoms with Crippen molar-refractivity contribution in [2.24, 2.45) is 0 Å². The van der Waals surface area contributed by atoms with Gasteiger partial charge in [0.15, 0.2) is 0 Å². The second-order valence-corrected chi connectivity index (χ2v) is 8.17. The van der Waals surface area contributed by atoms with E-state index in [0.717, 1.165) is 17.8 Å². The number of anilines is 1. The molecule has 0 spiro atoms. The molecule has 0 saturated heterocycles. The number of amides is 1. The predicted molar refractivity (Wildman–Crippen MR) is 134 cm³/mol. The van der Waals surface area contributed by atoms with Gasteiger partial charge >= 0.3 is 6.18 Å². The summed E-state index contributed by atoms with van der Waals surface area (Å²) in [7, 11) is 1.54. The second kappa shape index (κ2) is 10.6. The molecule has 0 aliphatic carbocycles. The topological polar surface area (TPSA) is 79.9 Å². The zero-order valence-corrected chi connectivity index (χ0v) is 20.0. The summed E-state index contributed by atoms with van der Waals surface area (Å²) in [5.74, 6) is -0.282. The number of hydrogen-bond donors (Lipinski definition) is 1. The number of methoxy groups -OCH3 is 1. The molecule has 3 aromatic carbocycles. The fourth-order valence-corrected chi connectivity index (χ4v) is 3.64. The normalized spacial score (nSPS) is 11.6. The third kappa shape index (κ3) is 5.82. The smallest absolute Gasteiger partial charge is 0.416 e. The van der Waals surface area contributed by atoms with Gasteiger partial charge in [0.1, 0.15) is 17.4 Å². The van der Waals surface area contributed by atoms with E-state index in [0.29, 0.717) is 28.6 Å². The molecule has 4 rings (SSSR count). The first kappa shape index (κ1) is 25.5. The van der Waals surface area contributed by atoms with Gasteiger partial charge in [-0.15, -0.1) is 0 Å². The molecule has 186 valence electrons. The van der Waals surface area contributed by atoms with Crippen molar-refractivity contribution in [2.45, 2.75) is 6.18 Å². The molecule has 0 bridgehead atoms. The van der Waals surface area contributed by atoms with Crippen molar-refractivity contribution in [2.75, 3.05) is 12.4 Å². The van der Waals surface area contributed by atoms with Crippen LogP contribution < -0.4 is 10.1 Å². The molecule has 1 aromatic heterocycles. The lowest BCUT2D eigenvalue weighted by Crippen LogP contribution is -2.15. The third-order valence-electron chi connectivity index (χ3n) is 5.33. The van der Waals surface area contributed by atoms with Gasteiger partial charge in [-0.2, -0.15) is 23.5 Å². The Hall–Kier alpha value is -4.55. The predicted octanol–water partition coefficient (Wildman–Crippen LogP) is 6.77. The lowest BCUT2D eigenvalue weighted by Gasteiger charge is -2.11. The molecule has 0 fully saturated rings. The van der Waals surface area contributed by atoms with E-state index in [4.69, 9.17) is 16.3 Å². The molecule has 0 radical (unpaired) electrons. The quantitative estimate of drug-likeness (QED) is 0.224. The molecule has 0 aliphatic heterocycles. The van der Waals surface area contributed by atoms with E-state index >= 15 is 0 Å². The third-order valence-corrected chi connectivity index (χ3v) is 5.66. The molecule has 0 saturated carbocycles. The van der Waals surface area contributed by atoms with Crippen LogP contribution in [0.15, 0.2) is 84.6 Å². The van der Waals surface area contributed by atoms with E-state index in [9.17, 15) is 23.2 Å². The highest BCUT2D eigenvalue weighted by atomic mass is 35.5. The molecular formula is C27H18ClF3N4O2. The number of hydrogen-bond acceptors (Lipinski definition) is 4. The number of alkyl halides is 3. The molecule has 0 atom stereocenters. The highest BCUT2D eigenvalue weighted by Gasteiger charge is 2.31. The minimum Gasteiger partial charge on any atom is -0.497 e. The lowest BCUT2D eigenvalue weighted by atomic mass is 10.1. The average Bonchev–Trinajstić information content (AvgIpc) is 3.32. The number of nitriles is 1. The van der Waals surface area contributed by atoms with Crippen LogP contribution in [-0.4, -0.2) is 22.8 Å². The Labute approximate surface area is 215 Å². The summed E-state index contributed by atoms with van der Waals surface area (Å²) in [6, 6.07) is 20.6. The van der Waals surface area contributed by atoms with Crippen LogP contribution in [0.25, 0.3) is 23.0 Å². The molecule has 6 nitrogen and oxygen atoms in total. The molecule has 10 heteroatoms. The zero-order chi connectivity index (χ0) is 26.6.